The lowest BCUT2D eigenvalue weighted by molar-refractivity contribution is -0.137. The van der Waals surface area contributed by atoms with E-state index in [1.165, 1.54) is 0 Å². The lowest BCUT2D eigenvalue weighted by Crippen LogP contribution is -2.15. The number of halogens is 5. The van der Waals surface area contributed by atoms with Gasteiger partial charge >= 0.3 is 11.9 Å². The highest BCUT2D eigenvalue weighted by Crippen LogP contribution is 2.46. The SMILES string of the molecule is CC1(c2nn(-c3c(Cl)cc(C(F)(F)F)cc3Cl)c(=O)o2)CC1. The Morgan fingerprint density at radius 1 is 1.27 bits per heavy atom. The van der Waals surface area contributed by atoms with E-state index in [0.717, 1.165) is 17.5 Å². The maximum Gasteiger partial charge on any atom is 0.442 e. The lowest BCUT2D eigenvalue weighted by atomic mass is 10.1. The van der Waals surface area contributed by atoms with Crippen LogP contribution in [0.15, 0.2) is 21.3 Å². The summed E-state index contributed by atoms with van der Waals surface area (Å²) in [5.74, 6) is -0.615. The van der Waals surface area contributed by atoms with Crippen LogP contribution < -0.4 is 5.76 Å². The molecule has 1 aliphatic carbocycles. The van der Waals surface area contributed by atoms with Crippen LogP contribution >= 0.6 is 23.2 Å². The second kappa shape index (κ2) is 4.76. The summed E-state index contributed by atoms with van der Waals surface area (Å²) in [7, 11) is 0. The molecule has 4 nitrogen and oxygen atoms in total. The fourth-order valence-electron chi connectivity index (χ4n) is 2.00. The highest BCUT2D eigenvalue weighted by molar-refractivity contribution is 6.37. The molecule has 22 heavy (non-hydrogen) atoms. The van der Waals surface area contributed by atoms with E-state index in [-0.39, 0.29) is 27.0 Å². The Bertz CT molecular complexity index is 783. The fraction of sp³-hybridized carbons (Fsp3) is 0.385. The smallest absolute Gasteiger partial charge is 0.391 e. The Labute approximate surface area is 132 Å². The zero-order chi connectivity index (χ0) is 16.3. The fourth-order valence-corrected chi connectivity index (χ4v) is 2.64. The number of aromatic nitrogens is 2. The molecule has 1 heterocycles. The molecule has 2 aromatic rings. The van der Waals surface area contributed by atoms with Crippen molar-refractivity contribution < 1.29 is 17.6 Å². The standard InChI is InChI=1S/C13H9Cl2F3N2O2/c1-12(2-3-12)10-19-20(11(21)22-10)9-7(14)4-6(5-8(9)15)13(16,17)18/h4-5H,2-3H2,1H3. The molecule has 3 rings (SSSR count). The zero-order valence-corrected chi connectivity index (χ0v) is 12.7. The molecular weight excluding hydrogens is 344 g/mol. The van der Waals surface area contributed by atoms with Crippen molar-refractivity contribution in [3.05, 3.63) is 44.2 Å². The van der Waals surface area contributed by atoms with Gasteiger partial charge in [-0.2, -0.15) is 17.9 Å². The Hall–Kier alpha value is -1.47. The molecule has 1 aromatic heterocycles. The predicted molar refractivity (Wildman–Crippen MR) is 73.7 cm³/mol. The van der Waals surface area contributed by atoms with Crippen LogP contribution in [0.3, 0.4) is 0 Å². The van der Waals surface area contributed by atoms with E-state index in [1.54, 1.807) is 0 Å². The first kappa shape index (κ1) is 15.4. The van der Waals surface area contributed by atoms with E-state index in [4.69, 9.17) is 27.6 Å². The van der Waals surface area contributed by atoms with Crippen molar-refractivity contribution in [2.45, 2.75) is 31.4 Å². The first-order valence-corrected chi connectivity index (χ1v) is 7.05. The summed E-state index contributed by atoms with van der Waals surface area (Å²) in [4.78, 5) is 11.9. The van der Waals surface area contributed by atoms with Gasteiger partial charge in [0, 0.05) is 5.41 Å². The average molecular weight is 353 g/mol. The largest absolute Gasteiger partial charge is 0.442 e. The summed E-state index contributed by atoms with van der Waals surface area (Å²) in [5.41, 5.74) is -1.44. The van der Waals surface area contributed by atoms with Crippen molar-refractivity contribution in [2.75, 3.05) is 0 Å². The van der Waals surface area contributed by atoms with Crippen LogP contribution in [0.5, 0.6) is 0 Å². The van der Waals surface area contributed by atoms with Crippen molar-refractivity contribution in [1.29, 1.82) is 0 Å². The summed E-state index contributed by atoms with van der Waals surface area (Å²) in [6.45, 7) is 1.87. The van der Waals surface area contributed by atoms with Gasteiger partial charge in [-0.15, -0.1) is 5.10 Å². The van der Waals surface area contributed by atoms with Crippen LogP contribution in [0, 0.1) is 0 Å². The number of hydrogen-bond acceptors (Lipinski definition) is 3. The second-order valence-corrected chi connectivity index (χ2v) is 6.25. The molecule has 0 aliphatic heterocycles. The van der Waals surface area contributed by atoms with Crippen LogP contribution in [0.2, 0.25) is 10.0 Å². The van der Waals surface area contributed by atoms with Crippen LogP contribution in [0.4, 0.5) is 13.2 Å². The summed E-state index contributed by atoms with van der Waals surface area (Å²) in [6.07, 6.45) is -2.95. The number of benzene rings is 1. The summed E-state index contributed by atoms with van der Waals surface area (Å²) in [6, 6.07) is 1.39. The van der Waals surface area contributed by atoms with Gasteiger partial charge in [0.1, 0.15) is 5.69 Å². The first-order chi connectivity index (χ1) is 10.1. The number of rotatable bonds is 2. The quantitative estimate of drug-likeness (QED) is 0.813. The van der Waals surface area contributed by atoms with Gasteiger partial charge < -0.3 is 4.42 Å². The molecule has 0 bridgehead atoms. The third-order valence-corrected chi connectivity index (χ3v) is 4.20. The third kappa shape index (κ3) is 2.52. The van der Waals surface area contributed by atoms with Crippen LogP contribution in [0.25, 0.3) is 5.69 Å². The predicted octanol–water partition coefficient (Wildman–Crippen LogP) is 4.20. The Kier molecular flexibility index (Phi) is 3.34. The van der Waals surface area contributed by atoms with Gasteiger partial charge in [0.25, 0.3) is 0 Å². The molecular formula is C13H9Cl2F3N2O2. The van der Waals surface area contributed by atoms with Crippen molar-refractivity contribution in [3.63, 3.8) is 0 Å². The third-order valence-electron chi connectivity index (χ3n) is 3.62. The van der Waals surface area contributed by atoms with Crippen LogP contribution in [0.1, 0.15) is 31.2 Å². The zero-order valence-electron chi connectivity index (χ0n) is 11.2. The molecule has 0 saturated heterocycles. The average Bonchev–Trinajstić information content (AvgIpc) is 3.02. The van der Waals surface area contributed by atoms with Crippen LogP contribution in [-0.2, 0) is 11.6 Å². The molecule has 1 aromatic carbocycles. The maximum atomic E-state index is 12.7. The minimum absolute atomic E-state index is 0.124. The summed E-state index contributed by atoms with van der Waals surface area (Å²) >= 11 is 11.7. The van der Waals surface area contributed by atoms with Gasteiger partial charge in [0.15, 0.2) is 0 Å². The molecule has 0 atom stereocenters. The Balaban J connectivity index is 2.13. The van der Waals surface area contributed by atoms with Crippen LogP contribution in [-0.4, -0.2) is 9.78 Å². The van der Waals surface area contributed by atoms with E-state index in [0.29, 0.717) is 12.1 Å². The molecule has 0 amide bonds. The summed E-state index contributed by atoms with van der Waals surface area (Å²) in [5, 5.41) is 3.35. The molecule has 0 radical (unpaired) electrons. The van der Waals surface area contributed by atoms with Gasteiger partial charge in [0.05, 0.1) is 15.6 Å². The second-order valence-electron chi connectivity index (χ2n) is 5.43. The topological polar surface area (TPSA) is 48.0 Å². The number of alkyl halides is 3. The monoisotopic (exact) mass is 352 g/mol. The molecule has 0 spiro atoms. The molecule has 1 saturated carbocycles. The normalized spacial score (nSPS) is 16.8. The van der Waals surface area contributed by atoms with Gasteiger partial charge in [-0.1, -0.05) is 30.1 Å². The molecule has 9 heteroatoms. The van der Waals surface area contributed by atoms with Crippen molar-refractivity contribution in [1.82, 2.24) is 9.78 Å². The van der Waals surface area contributed by atoms with Crippen molar-refractivity contribution in [2.24, 2.45) is 0 Å². The number of nitrogens with zero attached hydrogens (tertiary/aromatic N) is 2. The molecule has 0 N–H and O–H groups in total. The van der Waals surface area contributed by atoms with Gasteiger partial charge in [-0.25, -0.2) is 4.79 Å². The van der Waals surface area contributed by atoms with Crippen molar-refractivity contribution >= 4 is 23.2 Å². The lowest BCUT2D eigenvalue weighted by Gasteiger charge is -2.11. The van der Waals surface area contributed by atoms with E-state index in [2.05, 4.69) is 5.10 Å². The van der Waals surface area contributed by atoms with Gasteiger partial charge in [-0.3, -0.25) is 0 Å². The molecule has 1 fully saturated rings. The highest BCUT2D eigenvalue weighted by Gasteiger charge is 2.45. The molecule has 0 unspecified atom stereocenters. The van der Waals surface area contributed by atoms with E-state index >= 15 is 0 Å². The van der Waals surface area contributed by atoms with Crippen molar-refractivity contribution in [3.8, 4) is 5.69 Å². The Morgan fingerprint density at radius 2 is 1.82 bits per heavy atom. The molecule has 1 aliphatic rings. The molecule has 118 valence electrons. The highest BCUT2D eigenvalue weighted by atomic mass is 35.5. The summed E-state index contributed by atoms with van der Waals surface area (Å²) < 4.78 is 44.0. The van der Waals surface area contributed by atoms with Gasteiger partial charge in [0.2, 0.25) is 5.89 Å². The minimum atomic E-state index is -4.59. The Morgan fingerprint density at radius 3 is 2.27 bits per heavy atom. The number of hydrogen-bond donors (Lipinski definition) is 0. The van der Waals surface area contributed by atoms with E-state index in [1.807, 2.05) is 6.92 Å². The van der Waals surface area contributed by atoms with E-state index in [9.17, 15) is 18.0 Å². The van der Waals surface area contributed by atoms with E-state index < -0.39 is 17.5 Å². The minimum Gasteiger partial charge on any atom is -0.391 e. The first-order valence-electron chi connectivity index (χ1n) is 6.29. The van der Waals surface area contributed by atoms with Gasteiger partial charge in [-0.05, 0) is 25.0 Å². The maximum absolute atomic E-state index is 12.7.